The molecule has 6 nitrogen and oxygen atoms in total. The average Bonchev–Trinajstić information content (AvgIpc) is 1.61. The molecule has 1 aliphatic heterocycles. The minimum absolute atomic E-state index is 0. The number of nitrogens with zero attached hydrogens (tertiary/aromatic N) is 4. The van der Waals surface area contributed by atoms with E-state index in [0.717, 1.165) is 124 Å². The van der Waals surface area contributed by atoms with Crippen LogP contribution < -0.4 is 9.30 Å². The molecule has 504 valence electrons. The Kier molecular flexibility index (Phi) is 13.8. The van der Waals surface area contributed by atoms with Crippen molar-refractivity contribution in [1.82, 2.24) is 14.1 Å². The van der Waals surface area contributed by atoms with Crippen molar-refractivity contribution in [2.45, 2.75) is 144 Å². The molecule has 4 aromatic heterocycles. The largest absolute Gasteiger partial charge is 0.510 e. The Bertz CT molecular complexity index is 6110. The Labute approximate surface area is 617 Å². The summed E-state index contributed by atoms with van der Waals surface area (Å²) < 4.78 is 75.4. The minimum atomic E-state index is -2.71. The maximum atomic E-state index is 9.21. The molecule has 17 rings (SSSR count). The van der Waals surface area contributed by atoms with E-state index in [-0.39, 0.29) is 64.8 Å². The minimum Gasteiger partial charge on any atom is -0.510 e. The Balaban J connectivity index is 0.00000876. The van der Waals surface area contributed by atoms with E-state index in [1.165, 1.54) is 27.8 Å². The third-order valence-electron chi connectivity index (χ3n) is 21.5. The van der Waals surface area contributed by atoms with E-state index in [9.17, 15) is 8.22 Å². The second-order valence-electron chi connectivity index (χ2n) is 32.3. The summed E-state index contributed by atoms with van der Waals surface area (Å²) in [7, 11) is 0. The summed E-state index contributed by atoms with van der Waals surface area (Å²) in [5.74, 6) is 1.74. The van der Waals surface area contributed by atoms with Gasteiger partial charge in [-0.25, -0.2) is 4.98 Å². The van der Waals surface area contributed by atoms with Gasteiger partial charge in [0.2, 0.25) is 0 Å². The molecular formula is C94H84N4O2Pt-2. The van der Waals surface area contributed by atoms with Gasteiger partial charge in [0.15, 0.2) is 0 Å². The van der Waals surface area contributed by atoms with E-state index in [1.54, 1.807) is 18.2 Å². The topological polar surface area (TPSA) is 49.0 Å². The molecule has 0 saturated heterocycles. The molecule has 1 aliphatic carbocycles. The smallest absolute Gasteiger partial charge is 0.268 e. The molecule has 0 atom stereocenters. The first-order chi connectivity index (χ1) is 50.2. The van der Waals surface area contributed by atoms with Gasteiger partial charge in [0.05, 0.1) is 16.7 Å². The molecule has 101 heavy (non-hydrogen) atoms. The van der Waals surface area contributed by atoms with E-state index >= 15 is 0 Å². The summed E-state index contributed by atoms with van der Waals surface area (Å²) in [5.41, 5.74) is 21.1. The third kappa shape index (κ3) is 11.0. The van der Waals surface area contributed by atoms with Crippen molar-refractivity contribution in [1.29, 1.82) is 0 Å². The predicted molar refractivity (Wildman–Crippen MR) is 414 cm³/mol. The second-order valence-corrected chi connectivity index (χ2v) is 32.3. The molecule has 0 spiro atoms. The van der Waals surface area contributed by atoms with Crippen LogP contribution in [0.5, 0.6) is 11.5 Å². The molecule has 0 N–H and O–H groups in total. The average molecular weight is 1500 g/mol. The molecular weight excluding hydrogens is 1410 g/mol. The van der Waals surface area contributed by atoms with Crippen LogP contribution in [0.4, 0.5) is 0 Å². The van der Waals surface area contributed by atoms with E-state index in [2.05, 4.69) is 256 Å². The summed E-state index contributed by atoms with van der Waals surface area (Å²) >= 11 is 0. The van der Waals surface area contributed by atoms with Crippen molar-refractivity contribution in [3.8, 4) is 95.5 Å². The SMILES string of the molecule is [2H]C([2H])([2H])c1cccc(C([2H])([2H])[2H])c1-c1cc(-c2ccc3oc4ccccc4c3c2)c2c(c1)-c1cc3c(cc1-c1ccccc1-c1cc(-c4cc(C(C)(C)C)cc(C(C)(C)C)c4)cc4c1[n+]-2[c-]n4-c1[c-]c(Oc2[c-]c4c(cc2)c2ccccc2n4-c2cc(C(C)(C)C)ccn2)ccc1)C(C)(C)CCC3(C)C.[Pt]. The van der Waals surface area contributed by atoms with Crippen LogP contribution in [0.2, 0.25) is 0 Å². The number of aromatic nitrogens is 4. The van der Waals surface area contributed by atoms with Crippen LogP contribution in [0, 0.1) is 32.2 Å². The van der Waals surface area contributed by atoms with Crippen LogP contribution in [0.3, 0.4) is 0 Å². The van der Waals surface area contributed by atoms with Gasteiger partial charge in [-0.1, -0.05) is 211 Å². The van der Waals surface area contributed by atoms with E-state index < -0.39 is 13.7 Å². The number of fused-ring (bicyclic) bond motifs is 14. The molecule has 15 aromatic rings. The zero-order valence-electron chi connectivity index (χ0n) is 65.5. The number of benzene rings is 11. The van der Waals surface area contributed by atoms with Crippen LogP contribution in [0.1, 0.15) is 150 Å². The predicted octanol–water partition coefficient (Wildman–Crippen LogP) is 24.7. The molecule has 7 heteroatoms. The van der Waals surface area contributed by atoms with Crippen molar-refractivity contribution in [3.63, 3.8) is 0 Å². The van der Waals surface area contributed by atoms with Crippen LogP contribution in [0.25, 0.3) is 139 Å². The van der Waals surface area contributed by atoms with Crippen molar-refractivity contribution < 1.29 is 43.0 Å². The van der Waals surface area contributed by atoms with Crippen molar-refractivity contribution in [2.75, 3.05) is 0 Å². The van der Waals surface area contributed by atoms with Crippen molar-refractivity contribution in [3.05, 3.63) is 270 Å². The molecule has 0 fully saturated rings. The van der Waals surface area contributed by atoms with Gasteiger partial charge >= 0.3 is 0 Å². The molecule has 0 unspecified atom stereocenters. The normalized spacial score (nSPS) is 15.2. The van der Waals surface area contributed by atoms with Gasteiger partial charge in [-0.2, -0.15) is 18.2 Å². The first-order valence-corrected chi connectivity index (χ1v) is 35.0. The van der Waals surface area contributed by atoms with E-state index in [0.29, 0.717) is 33.9 Å². The molecule has 5 heterocycles. The number of hydrogen-bond acceptors (Lipinski definition) is 3. The summed E-state index contributed by atoms with van der Waals surface area (Å²) in [5, 5.41) is 3.91. The van der Waals surface area contributed by atoms with E-state index in [1.807, 2.05) is 60.8 Å². The fourth-order valence-corrected chi connectivity index (χ4v) is 15.7. The first kappa shape index (κ1) is 58.9. The van der Waals surface area contributed by atoms with E-state index in [4.69, 9.17) is 14.1 Å². The molecule has 0 saturated carbocycles. The van der Waals surface area contributed by atoms with Gasteiger partial charge in [0.1, 0.15) is 17.0 Å². The van der Waals surface area contributed by atoms with Crippen LogP contribution in [0.15, 0.2) is 217 Å². The Morgan fingerprint density at radius 3 is 1.78 bits per heavy atom. The number of para-hydroxylation sites is 2. The Hall–Kier alpha value is -9.87. The van der Waals surface area contributed by atoms with Crippen molar-refractivity contribution in [2.24, 2.45) is 0 Å². The van der Waals surface area contributed by atoms with Gasteiger partial charge < -0.3 is 18.3 Å². The maximum Gasteiger partial charge on any atom is 0.268 e. The number of hydrogen-bond donors (Lipinski definition) is 0. The summed E-state index contributed by atoms with van der Waals surface area (Å²) in [6.07, 6.45) is 7.92. The maximum absolute atomic E-state index is 9.21. The number of aryl methyl sites for hydroxylation is 2. The van der Waals surface area contributed by atoms with Gasteiger partial charge in [-0.05, 0) is 231 Å². The molecule has 0 amide bonds. The molecule has 2 aliphatic rings. The van der Waals surface area contributed by atoms with Crippen LogP contribution in [-0.2, 0) is 48.1 Å². The Morgan fingerprint density at radius 2 is 1.08 bits per heavy atom. The summed E-state index contributed by atoms with van der Waals surface area (Å²) in [4.78, 5) is 4.97. The number of ether oxygens (including phenoxy) is 1. The third-order valence-corrected chi connectivity index (χ3v) is 21.5. The standard InChI is InChI=1S/C94H84N4O2.Pt/c1-56-24-22-25-57(2)87(56)61-46-73(58-34-37-85-76(44-58)72-31-19-21-33-84(72)100-85)88-78(47-61)75-54-80-79(93(12,13)39-40-94(80,14)15)53-74(75)68-28-16-17-29-69(68)77-45-60(59-42-63(91(6,7)8)49-64(43-59)92(9,10)11)48-83-89(77)97(88)55-96(83)65-26-23-27-66(51-65)99-67-35-36-71-70-30-18-20-32-81(70)98(82(71)52-67)86-50-62(38-41-95-86)90(3,4)5;/h16-38,41-50,53-54H,39-40H2,1-15H3;/q-2;/i1D3,2D3;. The number of imidazole rings is 1. The molecule has 0 bridgehead atoms. The van der Waals surface area contributed by atoms with Crippen LogP contribution in [-0.4, -0.2) is 14.1 Å². The van der Waals surface area contributed by atoms with Gasteiger partial charge in [0.25, 0.3) is 6.33 Å². The zero-order valence-corrected chi connectivity index (χ0v) is 61.8. The van der Waals surface area contributed by atoms with Gasteiger partial charge in [0, 0.05) is 63.3 Å². The number of pyridine rings is 1. The number of furan rings is 1. The molecule has 0 radical (unpaired) electrons. The monoisotopic (exact) mass is 1500 g/mol. The fourth-order valence-electron chi connectivity index (χ4n) is 15.7. The second kappa shape index (κ2) is 23.6. The quantitative estimate of drug-likeness (QED) is 0.118. The Morgan fingerprint density at radius 1 is 0.475 bits per heavy atom. The van der Waals surface area contributed by atoms with Gasteiger partial charge in [-0.15, -0.1) is 29.7 Å². The number of rotatable bonds is 7. The van der Waals surface area contributed by atoms with Crippen molar-refractivity contribution >= 4 is 54.8 Å². The summed E-state index contributed by atoms with van der Waals surface area (Å²) in [6, 6.07) is 78.6. The molecule has 11 aromatic carbocycles. The van der Waals surface area contributed by atoms with Crippen LogP contribution >= 0.6 is 0 Å². The zero-order chi connectivity index (χ0) is 74.3. The first-order valence-electron chi connectivity index (χ1n) is 38.0. The summed E-state index contributed by atoms with van der Waals surface area (Å²) in [6.45, 7) is 24.3. The fraction of sp³-hybridized carbons (Fsp3) is 0.234. The van der Waals surface area contributed by atoms with Gasteiger partial charge in [-0.3, -0.25) is 4.57 Å².